The highest BCUT2D eigenvalue weighted by atomic mass is 32.2. The normalized spacial score (nSPS) is 19.2. The summed E-state index contributed by atoms with van der Waals surface area (Å²) in [5, 5.41) is 0. The van der Waals surface area contributed by atoms with Gasteiger partial charge in [-0.15, -0.1) is 0 Å². The second kappa shape index (κ2) is 9.15. The van der Waals surface area contributed by atoms with Gasteiger partial charge in [0.2, 0.25) is 5.91 Å². The van der Waals surface area contributed by atoms with Crippen molar-refractivity contribution in [3.63, 3.8) is 0 Å². The van der Waals surface area contributed by atoms with Crippen LogP contribution in [0.1, 0.15) is 26.7 Å². The predicted molar refractivity (Wildman–Crippen MR) is 125 cm³/mol. The third-order valence-electron chi connectivity index (χ3n) is 6.00. The summed E-state index contributed by atoms with van der Waals surface area (Å²) in [5.41, 5.74) is 2.61. The molecule has 2 amide bonds. The molecule has 0 saturated carbocycles. The van der Waals surface area contributed by atoms with Gasteiger partial charge in [0.05, 0.1) is 35.5 Å². The molecule has 4 rings (SSSR count). The van der Waals surface area contributed by atoms with Crippen molar-refractivity contribution in [3.05, 3.63) is 42.5 Å². The number of rotatable bonds is 3. The van der Waals surface area contributed by atoms with Gasteiger partial charge in [-0.1, -0.05) is 18.2 Å². The van der Waals surface area contributed by atoms with E-state index in [2.05, 4.69) is 0 Å². The van der Waals surface area contributed by atoms with Crippen molar-refractivity contribution in [2.75, 3.05) is 35.8 Å². The maximum absolute atomic E-state index is 13.2. The molecule has 33 heavy (non-hydrogen) atoms. The van der Waals surface area contributed by atoms with E-state index in [-0.39, 0.29) is 22.9 Å². The largest absolute Gasteiger partial charge is 0.446 e. The quantitative estimate of drug-likeness (QED) is 0.677. The molecular formula is C24H28N2O6S. The summed E-state index contributed by atoms with van der Waals surface area (Å²) in [6.07, 6.45) is 1.81. The summed E-state index contributed by atoms with van der Waals surface area (Å²) in [5.74, 6) is -0.118. The van der Waals surface area contributed by atoms with Crippen molar-refractivity contribution in [3.8, 4) is 11.1 Å². The molecule has 2 aromatic carbocycles. The zero-order valence-electron chi connectivity index (χ0n) is 19.0. The van der Waals surface area contributed by atoms with Crippen LogP contribution in [0.25, 0.3) is 11.1 Å². The van der Waals surface area contributed by atoms with Crippen LogP contribution in [0.15, 0.2) is 47.4 Å². The van der Waals surface area contributed by atoms with Crippen molar-refractivity contribution in [1.29, 1.82) is 0 Å². The Morgan fingerprint density at radius 2 is 1.73 bits per heavy atom. The van der Waals surface area contributed by atoms with E-state index >= 15 is 0 Å². The fourth-order valence-electron chi connectivity index (χ4n) is 4.36. The van der Waals surface area contributed by atoms with Gasteiger partial charge >= 0.3 is 6.09 Å². The van der Waals surface area contributed by atoms with Crippen molar-refractivity contribution in [2.45, 2.75) is 43.7 Å². The lowest BCUT2D eigenvalue weighted by Crippen LogP contribution is -2.52. The second-order valence-electron chi connectivity index (χ2n) is 8.55. The molecule has 2 aliphatic rings. The first-order chi connectivity index (χ1) is 15.6. The van der Waals surface area contributed by atoms with E-state index in [0.29, 0.717) is 49.5 Å². The minimum absolute atomic E-state index is 0.118. The second-order valence-corrected chi connectivity index (χ2v) is 10.6. The number of carbonyl (C=O) groups excluding carboxylic acids is 2. The van der Waals surface area contributed by atoms with Gasteiger partial charge in [0, 0.05) is 32.6 Å². The molecular weight excluding hydrogens is 444 g/mol. The van der Waals surface area contributed by atoms with Crippen LogP contribution in [-0.2, 0) is 24.1 Å². The van der Waals surface area contributed by atoms with E-state index < -0.39 is 15.9 Å². The third kappa shape index (κ3) is 4.89. The molecule has 0 aliphatic carbocycles. The monoisotopic (exact) mass is 472 g/mol. The molecule has 1 atom stereocenters. The van der Waals surface area contributed by atoms with Gasteiger partial charge in [-0.2, -0.15) is 0 Å². The number of hydrogen-bond donors (Lipinski definition) is 0. The number of fused-ring (bicyclic) bond motifs is 1. The summed E-state index contributed by atoms with van der Waals surface area (Å²) in [6.45, 7) is 4.80. The molecule has 2 aromatic rings. The zero-order valence-corrected chi connectivity index (χ0v) is 19.8. The van der Waals surface area contributed by atoms with E-state index in [0.717, 1.165) is 5.56 Å². The highest BCUT2D eigenvalue weighted by Gasteiger charge is 2.35. The molecule has 2 heterocycles. The molecule has 0 N–H and O–H groups in total. The number of carbonyl (C=O) groups is 2. The molecule has 1 fully saturated rings. The number of amides is 2. The summed E-state index contributed by atoms with van der Waals surface area (Å²) in [4.78, 5) is 29.0. The van der Waals surface area contributed by atoms with Crippen LogP contribution in [0.3, 0.4) is 0 Å². The number of ether oxygens (including phenoxy) is 2. The molecule has 8 nitrogen and oxygen atoms in total. The minimum Gasteiger partial charge on any atom is -0.446 e. The highest BCUT2D eigenvalue weighted by Crippen LogP contribution is 2.39. The number of benzene rings is 2. The maximum atomic E-state index is 13.2. The standard InChI is InChI=1S/C24H28N2O6S/c1-16-15-25(24(28)32-20-9-11-31-12-10-20)23-14-19(7-8-22(23)26(16)17(2)27)18-5-4-6-21(13-18)33(3,29)30/h4-8,13-14,16,20H,9-12,15H2,1-3H3. The number of nitrogens with zero attached hydrogens (tertiary/aromatic N) is 2. The van der Waals surface area contributed by atoms with Crippen LogP contribution in [0.2, 0.25) is 0 Å². The highest BCUT2D eigenvalue weighted by molar-refractivity contribution is 7.90. The number of sulfone groups is 1. The van der Waals surface area contributed by atoms with Gasteiger partial charge in [-0.3, -0.25) is 9.69 Å². The van der Waals surface area contributed by atoms with Crippen LogP contribution in [-0.4, -0.2) is 58.6 Å². The molecule has 0 bridgehead atoms. The Kier molecular flexibility index (Phi) is 6.45. The fraction of sp³-hybridized carbons (Fsp3) is 0.417. The smallest absolute Gasteiger partial charge is 0.414 e. The average molecular weight is 473 g/mol. The summed E-state index contributed by atoms with van der Waals surface area (Å²) in [7, 11) is -3.37. The van der Waals surface area contributed by atoms with E-state index in [1.165, 1.54) is 13.2 Å². The molecule has 1 saturated heterocycles. The molecule has 2 aliphatic heterocycles. The summed E-state index contributed by atoms with van der Waals surface area (Å²) >= 11 is 0. The van der Waals surface area contributed by atoms with E-state index in [1.54, 1.807) is 34.1 Å². The van der Waals surface area contributed by atoms with Crippen molar-refractivity contribution >= 4 is 33.2 Å². The summed E-state index contributed by atoms with van der Waals surface area (Å²) < 4.78 is 35.1. The Hall–Kier alpha value is -2.91. The van der Waals surface area contributed by atoms with Crippen LogP contribution >= 0.6 is 0 Å². The molecule has 0 aromatic heterocycles. The SMILES string of the molecule is CC(=O)N1c2ccc(-c3cccc(S(C)(=O)=O)c3)cc2N(C(=O)OC2CCOCC2)CC1C. The summed E-state index contributed by atoms with van der Waals surface area (Å²) in [6, 6.07) is 11.9. The van der Waals surface area contributed by atoms with Gasteiger partial charge in [0.25, 0.3) is 0 Å². The fourth-order valence-corrected chi connectivity index (χ4v) is 5.03. The van der Waals surface area contributed by atoms with E-state index in [1.807, 2.05) is 25.1 Å². The maximum Gasteiger partial charge on any atom is 0.414 e. The van der Waals surface area contributed by atoms with Crippen LogP contribution in [0.4, 0.5) is 16.2 Å². The van der Waals surface area contributed by atoms with Gasteiger partial charge in [0.15, 0.2) is 9.84 Å². The van der Waals surface area contributed by atoms with Gasteiger partial charge in [-0.25, -0.2) is 13.2 Å². The molecule has 0 radical (unpaired) electrons. The molecule has 1 unspecified atom stereocenters. The van der Waals surface area contributed by atoms with Gasteiger partial charge in [0.1, 0.15) is 6.10 Å². The average Bonchev–Trinajstić information content (AvgIpc) is 2.78. The lowest BCUT2D eigenvalue weighted by molar-refractivity contribution is -0.117. The number of anilines is 2. The Labute approximate surface area is 194 Å². The minimum atomic E-state index is -3.37. The third-order valence-corrected chi connectivity index (χ3v) is 7.11. The van der Waals surface area contributed by atoms with E-state index in [9.17, 15) is 18.0 Å². The first kappa shape index (κ1) is 23.3. The van der Waals surface area contributed by atoms with E-state index in [4.69, 9.17) is 9.47 Å². The first-order valence-corrected chi connectivity index (χ1v) is 12.8. The Morgan fingerprint density at radius 1 is 1.03 bits per heavy atom. The van der Waals surface area contributed by atoms with Crippen molar-refractivity contribution in [1.82, 2.24) is 0 Å². The molecule has 9 heteroatoms. The van der Waals surface area contributed by atoms with Gasteiger partial charge in [-0.05, 0) is 42.3 Å². The Balaban J connectivity index is 1.74. The van der Waals surface area contributed by atoms with Crippen LogP contribution in [0.5, 0.6) is 0 Å². The predicted octanol–water partition coefficient (Wildman–Crippen LogP) is 3.63. The Morgan fingerprint density at radius 3 is 2.39 bits per heavy atom. The first-order valence-electron chi connectivity index (χ1n) is 11.0. The Bertz CT molecular complexity index is 1170. The molecule has 176 valence electrons. The lowest BCUT2D eigenvalue weighted by atomic mass is 10.0. The van der Waals surface area contributed by atoms with Crippen LogP contribution in [0, 0.1) is 0 Å². The van der Waals surface area contributed by atoms with Crippen molar-refractivity contribution < 1.29 is 27.5 Å². The lowest BCUT2D eigenvalue weighted by Gasteiger charge is -2.41. The van der Waals surface area contributed by atoms with Crippen LogP contribution < -0.4 is 9.80 Å². The number of hydrogen-bond acceptors (Lipinski definition) is 6. The molecule has 0 spiro atoms. The topological polar surface area (TPSA) is 93.2 Å². The zero-order chi connectivity index (χ0) is 23.8. The van der Waals surface area contributed by atoms with Crippen molar-refractivity contribution in [2.24, 2.45) is 0 Å². The van der Waals surface area contributed by atoms with Gasteiger partial charge < -0.3 is 14.4 Å².